The minimum Gasteiger partial charge on any atom is -0.493 e. The van der Waals surface area contributed by atoms with Gasteiger partial charge in [0.05, 0.1) is 7.11 Å². The fraction of sp³-hybridized carbons (Fsp3) is 0.0833. The van der Waals surface area contributed by atoms with Crippen molar-refractivity contribution in [2.45, 2.75) is 6.54 Å². The molecule has 0 unspecified atom stereocenters. The first-order valence-electron chi connectivity index (χ1n) is 9.45. The van der Waals surface area contributed by atoms with Gasteiger partial charge in [0.25, 0.3) is 5.91 Å². The van der Waals surface area contributed by atoms with Crippen molar-refractivity contribution in [3.8, 4) is 17.2 Å². The van der Waals surface area contributed by atoms with Gasteiger partial charge in [-0.15, -0.1) is 0 Å². The molecule has 0 aliphatic carbocycles. The molecule has 0 aliphatic heterocycles. The summed E-state index contributed by atoms with van der Waals surface area (Å²) in [6.45, 7) is 0.176. The van der Waals surface area contributed by atoms with Crippen LogP contribution in [0, 0.1) is 5.82 Å². The third-order valence-corrected chi connectivity index (χ3v) is 4.59. The maximum atomic E-state index is 13.0. The number of hydrogen-bond acceptors (Lipinski definition) is 5. The smallest absolute Gasteiger partial charge is 0.349 e. The molecule has 0 bridgehead atoms. The lowest BCUT2D eigenvalue weighted by Gasteiger charge is -2.09. The lowest BCUT2D eigenvalue weighted by Crippen LogP contribution is -2.27. The van der Waals surface area contributed by atoms with Crippen LogP contribution in [0.25, 0.3) is 11.0 Å². The monoisotopic (exact) mass is 419 g/mol. The molecule has 4 aromatic rings. The Morgan fingerprint density at radius 2 is 1.77 bits per heavy atom. The molecule has 0 aliphatic rings. The van der Waals surface area contributed by atoms with Crippen LogP contribution in [0.1, 0.15) is 15.9 Å². The van der Waals surface area contributed by atoms with Gasteiger partial charge in [-0.25, -0.2) is 9.18 Å². The molecule has 6 nitrogen and oxygen atoms in total. The first-order valence-corrected chi connectivity index (χ1v) is 9.45. The highest BCUT2D eigenvalue weighted by atomic mass is 19.1. The second-order valence-electron chi connectivity index (χ2n) is 6.71. The van der Waals surface area contributed by atoms with Crippen LogP contribution in [0.3, 0.4) is 0 Å². The summed E-state index contributed by atoms with van der Waals surface area (Å²) in [5.41, 5.74) is 0.208. The lowest BCUT2D eigenvalue weighted by molar-refractivity contribution is 0.0947. The molecule has 0 atom stereocenters. The summed E-state index contributed by atoms with van der Waals surface area (Å²) in [5.74, 6) is 0.547. The number of rotatable bonds is 6. The van der Waals surface area contributed by atoms with E-state index in [1.807, 2.05) is 6.07 Å². The molecular weight excluding hydrogens is 401 g/mol. The Kier molecular flexibility index (Phi) is 5.66. The summed E-state index contributed by atoms with van der Waals surface area (Å²) in [6, 6.07) is 19.4. The van der Waals surface area contributed by atoms with E-state index < -0.39 is 11.5 Å². The van der Waals surface area contributed by atoms with Crippen LogP contribution in [0.4, 0.5) is 4.39 Å². The van der Waals surface area contributed by atoms with Gasteiger partial charge < -0.3 is 19.2 Å². The van der Waals surface area contributed by atoms with Gasteiger partial charge in [0, 0.05) is 11.9 Å². The van der Waals surface area contributed by atoms with E-state index in [9.17, 15) is 14.0 Å². The van der Waals surface area contributed by atoms with Gasteiger partial charge in [-0.05, 0) is 54.1 Å². The van der Waals surface area contributed by atoms with E-state index in [0.29, 0.717) is 22.6 Å². The van der Waals surface area contributed by atoms with Crippen LogP contribution in [0.5, 0.6) is 17.2 Å². The van der Waals surface area contributed by atoms with E-state index in [0.717, 1.165) is 5.56 Å². The first-order chi connectivity index (χ1) is 15.0. The Morgan fingerprint density at radius 3 is 2.55 bits per heavy atom. The van der Waals surface area contributed by atoms with E-state index in [-0.39, 0.29) is 23.5 Å². The van der Waals surface area contributed by atoms with Gasteiger partial charge in [-0.1, -0.05) is 24.3 Å². The summed E-state index contributed by atoms with van der Waals surface area (Å²) in [7, 11) is 1.48. The SMILES string of the molecule is COc1cccc2cc(C(=O)NCc3cccc(Oc4ccc(F)cc4)c3)c(=O)oc12. The summed E-state index contributed by atoms with van der Waals surface area (Å²) >= 11 is 0. The molecular formula is C24H18FNO5. The molecule has 0 saturated carbocycles. The summed E-state index contributed by atoms with van der Waals surface area (Å²) in [4.78, 5) is 24.9. The minimum absolute atomic E-state index is 0.0977. The van der Waals surface area contributed by atoms with Crippen molar-refractivity contribution < 1.29 is 23.1 Å². The number of carbonyl (C=O) groups is 1. The maximum Gasteiger partial charge on any atom is 0.349 e. The number of fused-ring (bicyclic) bond motifs is 1. The quantitative estimate of drug-likeness (QED) is 0.460. The third kappa shape index (κ3) is 4.56. The van der Waals surface area contributed by atoms with E-state index >= 15 is 0 Å². The van der Waals surface area contributed by atoms with E-state index in [4.69, 9.17) is 13.9 Å². The number of amides is 1. The minimum atomic E-state index is -0.747. The Labute approximate surface area is 176 Å². The topological polar surface area (TPSA) is 77.8 Å². The number of nitrogens with one attached hydrogen (secondary N) is 1. The summed E-state index contributed by atoms with van der Waals surface area (Å²) < 4.78 is 29.2. The molecule has 0 spiro atoms. The van der Waals surface area contributed by atoms with Crippen LogP contribution in [0.15, 0.2) is 82.0 Å². The lowest BCUT2D eigenvalue weighted by atomic mass is 10.1. The van der Waals surface area contributed by atoms with Gasteiger partial charge in [-0.2, -0.15) is 0 Å². The van der Waals surface area contributed by atoms with Crippen molar-refractivity contribution in [1.82, 2.24) is 5.32 Å². The number of para-hydroxylation sites is 1. The third-order valence-electron chi connectivity index (χ3n) is 4.59. The van der Waals surface area contributed by atoms with Gasteiger partial charge in [0.1, 0.15) is 22.9 Å². The molecule has 1 aromatic heterocycles. The van der Waals surface area contributed by atoms with Crippen LogP contribution in [0.2, 0.25) is 0 Å². The molecule has 0 radical (unpaired) electrons. The zero-order valence-corrected chi connectivity index (χ0v) is 16.6. The second kappa shape index (κ2) is 8.71. The summed E-state index contributed by atoms with van der Waals surface area (Å²) in [5, 5.41) is 3.29. The molecule has 1 amide bonds. The highest BCUT2D eigenvalue weighted by molar-refractivity contribution is 5.97. The molecule has 7 heteroatoms. The number of hydrogen-bond donors (Lipinski definition) is 1. The number of ether oxygens (including phenoxy) is 2. The molecule has 0 fully saturated rings. The fourth-order valence-electron chi connectivity index (χ4n) is 3.07. The van der Waals surface area contributed by atoms with Crippen molar-refractivity contribution in [2.75, 3.05) is 7.11 Å². The van der Waals surface area contributed by atoms with E-state index in [2.05, 4.69) is 5.32 Å². The van der Waals surface area contributed by atoms with Crippen LogP contribution >= 0.6 is 0 Å². The van der Waals surface area contributed by atoms with Crippen molar-refractivity contribution in [3.63, 3.8) is 0 Å². The zero-order valence-electron chi connectivity index (χ0n) is 16.6. The summed E-state index contributed by atoms with van der Waals surface area (Å²) in [6.07, 6.45) is 0. The predicted molar refractivity (Wildman–Crippen MR) is 113 cm³/mol. The van der Waals surface area contributed by atoms with Crippen LogP contribution < -0.4 is 20.4 Å². The maximum absolute atomic E-state index is 13.0. The molecule has 1 N–H and O–H groups in total. The van der Waals surface area contributed by atoms with Crippen molar-refractivity contribution in [2.24, 2.45) is 0 Å². The second-order valence-corrected chi connectivity index (χ2v) is 6.71. The van der Waals surface area contributed by atoms with Crippen LogP contribution in [-0.2, 0) is 6.54 Å². The van der Waals surface area contributed by atoms with Gasteiger partial charge in [0.2, 0.25) is 0 Å². The average Bonchev–Trinajstić information content (AvgIpc) is 2.78. The van der Waals surface area contributed by atoms with Crippen molar-refractivity contribution in [3.05, 3.63) is 100 Å². The number of carbonyl (C=O) groups excluding carboxylic acids is 1. The predicted octanol–water partition coefficient (Wildman–Crippen LogP) is 4.66. The molecule has 156 valence electrons. The van der Waals surface area contributed by atoms with Crippen molar-refractivity contribution >= 4 is 16.9 Å². The van der Waals surface area contributed by atoms with Crippen LogP contribution in [-0.4, -0.2) is 13.0 Å². The molecule has 31 heavy (non-hydrogen) atoms. The first kappa shape index (κ1) is 20.2. The largest absolute Gasteiger partial charge is 0.493 e. The number of methoxy groups -OCH3 is 1. The normalized spacial score (nSPS) is 10.6. The molecule has 3 aromatic carbocycles. The van der Waals surface area contributed by atoms with Gasteiger partial charge in [0.15, 0.2) is 11.3 Å². The van der Waals surface area contributed by atoms with Gasteiger partial charge in [-0.3, -0.25) is 4.79 Å². The number of halogens is 1. The Morgan fingerprint density at radius 1 is 1.00 bits per heavy atom. The molecule has 0 saturated heterocycles. The average molecular weight is 419 g/mol. The number of benzene rings is 3. The Bertz CT molecular complexity index is 1300. The van der Waals surface area contributed by atoms with Gasteiger partial charge >= 0.3 is 5.63 Å². The molecule has 4 rings (SSSR count). The fourth-order valence-corrected chi connectivity index (χ4v) is 3.07. The standard InChI is InChI=1S/C24H18FNO5/c1-29-21-7-3-5-16-13-20(24(28)31-22(16)21)23(27)26-14-15-4-2-6-19(12-15)30-18-10-8-17(25)9-11-18/h2-13H,14H2,1H3,(H,26,27). The van der Waals surface area contributed by atoms with Crippen molar-refractivity contribution in [1.29, 1.82) is 0 Å². The Hall–Kier alpha value is -4.13. The van der Waals surface area contributed by atoms with E-state index in [1.54, 1.807) is 36.4 Å². The highest BCUT2D eigenvalue weighted by Gasteiger charge is 2.15. The molecule has 1 heterocycles. The highest BCUT2D eigenvalue weighted by Crippen LogP contribution is 2.25. The Balaban J connectivity index is 1.48. The zero-order chi connectivity index (χ0) is 21.8. The van der Waals surface area contributed by atoms with E-state index in [1.165, 1.54) is 37.4 Å².